The molecule has 0 bridgehead atoms. The first kappa shape index (κ1) is 13.7. The quantitative estimate of drug-likeness (QED) is 0.914. The minimum absolute atomic E-state index is 0.379. The highest BCUT2D eigenvalue weighted by molar-refractivity contribution is 5.44. The van der Waals surface area contributed by atoms with E-state index >= 15 is 0 Å². The molecule has 20 heavy (non-hydrogen) atoms. The van der Waals surface area contributed by atoms with Crippen molar-refractivity contribution in [1.82, 2.24) is 0 Å². The van der Waals surface area contributed by atoms with Gasteiger partial charge in [0, 0.05) is 0 Å². The van der Waals surface area contributed by atoms with Gasteiger partial charge in [-0.1, -0.05) is 38.7 Å². The largest absolute Gasteiger partial charge is 0.486 e. The van der Waals surface area contributed by atoms with Crippen molar-refractivity contribution in [3.8, 4) is 11.5 Å². The molecule has 3 nitrogen and oxygen atoms in total. The third-order valence-corrected chi connectivity index (χ3v) is 4.81. The number of aliphatic hydroxyl groups is 1. The van der Waals surface area contributed by atoms with Crippen LogP contribution in [-0.4, -0.2) is 18.3 Å². The molecular weight excluding hydrogens is 252 g/mol. The van der Waals surface area contributed by atoms with Crippen LogP contribution < -0.4 is 9.47 Å². The Labute approximate surface area is 120 Å². The van der Waals surface area contributed by atoms with Crippen molar-refractivity contribution in [2.45, 2.75) is 45.1 Å². The van der Waals surface area contributed by atoms with Crippen LogP contribution in [0.2, 0.25) is 0 Å². The van der Waals surface area contributed by atoms with Crippen molar-refractivity contribution in [3.05, 3.63) is 23.8 Å². The second-order valence-corrected chi connectivity index (χ2v) is 5.96. The average molecular weight is 276 g/mol. The fourth-order valence-electron chi connectivity index (χ4n) is 3.65. The van der Waals surface area contributed by atoms with Crippen LogP contribution >= 0.6 is 0 Å². The highest BCUT2D eigenvalue weighted by Gasteiger charge is 2.31. The number of ether oxygens (including phenoxy) is 2. The van der Waals surface area contributed by atoms with Crippen LogP contribution in [0, 0.1) is 11.8 Å². The molecule has 1 aromatic rings. The second kappa shape index (κ2) is 6.04. The summed E-state index contributed by atoms with van der Waals surface area (Å²) in [5.74, 6) is 2.60. The highest BCUT2D eigenvalue weighted by Crippen LogP contribution is 2.42. The number of fused-ring (bicyclic) bond motifs is 1. The van der Waals surface area contributed by atoms with Gasteiger partial charge in [0.25, 0.3) is 0 Å². The average Bonchev–Trinajstić information content (AvgIpc) is 2.53. The smallest absolute Gasteiger partial charge is 0.161 e. The van der Waals surface area contributed by atoms with Gasteiger partial charge in [0.1, 0.15) is 13.2 Å². The van der Waals surface area contributed by atoms with Crippen LogP contribution in [0.3, 0.4) is 0 Å². The molecule has 0 spiro atoms. The zero-order valence-corrected chi connectivity index (χ0v) is 12.2. The van der Waals surface area contributed by atoms with Crippen molar-refractivity contribution in [2.24, 2.45) is 11.8 Å². The molecule has 1 heterocycles. The summed E-state index contributed by atoms with van der Waals surface area (Å²) in [7, 11) is 0. The van der Waals surface area contributed by atoms with Gasteiger partial charge in [-0.3, -0.25) is 0 Å². The van der Waals surface area contributed by atoms with Crippen molar-refractivity contribution in [3.63, 3.8) is 0 Å². The Balaban J connectivity index is 1.80. The molecular formula is C17H24O3. The number of aliphatic hydroxyl groups excluding tert-OH is 1. The molecule has 3 heteroatoms. The Hall–Kier alpha value is -1.22. The lowest BCUT2D eigenvalue weighted by molar-refractivity contribution is 0.0447. The summed E-state index contributed by atoms with van der Waals surface area (Å²) in [6.07, 6.45) is 5.71. The molecule has 0 amide bonds. The lowest BCUT2D eigenvalue weighted by Gasteiger charge is -2.34. The predicted octanol–water partition coefficient (Wildman–Crippen LogP) is 3.71. The number of rotatable bonds is 3. The Bertz CT molecular complexity index is 458. The molecule has 3 rings (SSSR count). The summed E-state index contributed by atoms with van der Waals surface area (Å²) in [5, 5.41) is 10.8. The van der Waals surface area contributed by atoms with Crippen LogP contribution in [0.5, 0.6) is 11.5 Å². The van der Waals surface area contributed by atoms with Crippen LogP contribution in [0.4, 0.5) is 0 Å². The summed E-state index contributed by atoms with van der Waals surface area (Å²) in [6.45, 7) is 3.43. The minimum Gasteiger partial charge on any atom is -0.486 e. The fraction of sp³-hybridized carbons (Fsp3) is 0.647. The first-order valence-electron chi connectivity index (χ1n) is 7.87. The summed E-state index contributed by atoms with van der Waals surface area (Å²) in [4.78, 5) is 0. The Morgan fingerprint density at radius 3 is 2.70 bits per heavy atom. The summed E-state index contributed by atoms with van der Waals surface area (Å²) < 4.78 is 11.2. The zero-order chi connectivity index (χ0) is 13.9. The van der Waals surface area contributed by atoms with Gasteiger partial charge in [-0.15, -0.1) is 0 Å². The van der Waals surface area contributed by atoms with E-state index in [9.17, 15) is 5.11 Å². The number of benzene rings is 1. The van der Waals surface area contributed by atoms with Crippen LogP contribution in [0.25, 0.3) is 0 Å². The van der Waals surface area contributed by atoms with Crippen molar-refractivity contribution in [2.75, 3.05) is 13.2 Å². The molecule has 1 saturated carbocycles. The number of hydrogen-bond donors (Lipinski definition) is 1. The molecule has 0 radical (unpaired) electrons. The van der Waals surface area contributed by atoms with Crippen molar-refractivity contribution < 1.29 is 14.6 Å². The molecule has 3 unspecified atom stereocenters. The van der Waals surface area contributed by atoms with Gasteiger partial charge in [-0.2, -0.15) is 0 Å². The van der Waals surface area contributed by atoms with Crippen LogP contribution in [-0.2, 0) is 0 Å². The van der Waals surface area contributed by atoms with Gasteiger partial charge in [0.15, 0.2) is 11.5 Å². The lowest BCUT2D eigenvalue weighted by Crippen LogP contribution is -2.25. The van der Waals surface area contributed by atoms with E-state index in [2.05, 4.69) is 6.92 Å². The minimum atomic E-state index is -0.379. The zero-order valence-electron chi connectivity index (χ0n) is 12.2. The third-order valence-electron chi connectivity index (χ3n) is 4.81. The Morgan fingerprint density at radius 1 is 1.15 bits per heavy atom. The van der Waals surface area contributed by atoms with Gasteiger partial charge >= 0.3 is 0 Å². The fourth-order valence-corrected chi connectivity index (χ4v) is 3.65. The maximum Gasteiger partial charge on any atom is 0.161 e. The standard InChI is InChI=1S/C17H24O3/c1-2-12-5-3-4-6-14(12)17(18)13-7-8-15-16(11-13)20-10-9-19-15/h7-8,11-12,14,17-18H,2-6,9-10H2,1H3. The topological polar surface area (TPSA) is 38.7 Å². The second-order valence-electron chi connectivity index (χ2n) is 5.96. The van der Waals surface area contributed by atoms with Gasteiger partial charge in [-0.25, -0.2) is 0 Å². The molecule has 0 aromatic heterocycles. The normalized spacial score (nSPS) is 27.1. The SMILES string of the molecule is CCC1CCCCC1C(O)c1ccc2c(c1)OCCO2. The van der Waals surface area contributed by atoms with Gasteiger partial charge < -0.3 is 14.6 Å². The van der Waals surface area contributed by atoms with Gasteiger partial charge in [0.2, 0.25) is 0 Å². The number of hydrogen-bond acceptors (Lipinski definition) is 3. The summed E-state index contributed by atoms with van der Waals surface area (Å²) >= 11 is 0. The summed E-state index contributed by atoms with van der Waals surface area (Å²) in [5.41, 5.74) is 0.972. The summed E-state index contributed by atoms with van der Waals surface area (Å²) in [6, 6.07) is 5.87. The van der Waals surface area contributed by atoms with Crippen LogP contribution in [0.15, 0.2) is 18.2 Å². The van der Waals surface area contributed by atoms with Gasteiger partial charge in [0.05, 0.1) is 6.10 Å². The molecule has 1 N–H and O–H groups in total. The molecule has 110 valence electrons. The maximum atomic E-state index is 10.8. The van der Waals surface area contributed by atoms with Crippen molar-refractivity contribution >= 4 is 0 Å². The van der Waals surface area contributed by atoms with E-state index in [1.807, 2.05) is 18.2 Å². The molecule has 3 atom stereocenters. The molecule has 2 aliphatic rings. The monoisotopic (exact) mass is 276 g/mol. The van der Waals surface area contributed by atoms with E-state index in [-0.39, 0.29) is 6.10 Å². The van der Waals surface area contributed by atoms with E-state index in [1.165, 1.54) is 19.3 Å². The van der Waals surface area contributed by atoms with Crippen LogP contribution in [0.1, 0.15) is 50.7 Å². The van der Waals surface area contributed by atoms with E-state index in [0.717, 1.165) is 29.9 Å². The first-order chi connectivity index (χ1) is 9.79. The van der Waals surface area contributed by atoms with Gasteiger partial charge in [-0.05, 0) is 36.0 Å². The first-order valence-corrected chi connectivity index (χ1v) is 7.87. The maximum absolute atomic E-state index is 10.8. The third kappa shape index (κ3) is 2.64. The van der Waals surface area contributed by atoms with E-state index in [1.54, 1.807) is 0 Å². The van der Waals surface area contributed by atoms with E-state index < -0.39 is 0 Å². The lowest BCUT2D eigenvalue weighted by atomic mass is 9.73. The molecule has 1 aliphatic carbocycles. The highest BCUT2D eigenvalue weighted by atomic mass is 16.6. The molecule has 1 fully saturated rings. The molecule has 1 aliphatic heterocycles. The van der Waals surface area contributed by atoms with E-state index in [0.29, 0.717) is 25.0 Å². The molecule has 0 saturated heterocycles. The van der Waals surface area contributed by atoms with E-state index in [4.69, 9.17) is 9.47 Å². The Morgan fingerprint density at radius 2 is 1.90 bits per heavy atom. The van der Waals surface area contributed by atoms with Crippen molar-refractivity contribution in [1.29, 1.82) is 0 Å². The predicted molar refractivity (Wildman–Crippen MR) is 78.1 cm³/mol. The Kier molecular flexibility index (Phi) is 4.16. The molecule has 1 aromatic carbocycles.